The molecule has 0 atom stereocenters. The number of benzene rings is 1. The van der Waals surface area contributed by atoms with E-state index in [4.69, 9.17) is 14.2 Å². The van der Waals surface area contributed by atoms with Gasteiger partial charge in [-0.15, -0.1) is 0 Å². The van der Waals surface area contributed by atoms with Crippen LogP contribution in [-0.4, -0.2) is 37.8 Å². The fourth-order valence-electron chi connectivity index (χ4n) is 2.75. The van der Waals surface area contributed by atoms with Gasteiger partial charge in [-0.25, -0.2) is 0 Å². The van der Waals surface area contributed by atoms with Gasteiger partial charge in [0.25, 0.3) is 0 Å². The number of amides is 1. The molecule has 2 aliphatic heterocycles. The van der Waals surface area contributed by atoms with Crippen molar-refractivity contribution >= 4 is 12.0 Å². The van der Waals surface area contributed by atoms with Crippen LogP contribution in [0.1, 0.15) is 25.3 Å². The van der Waals surface area contributed by atoms with E-state index in [1.54, 1.807) is 19.3 Å². The summed E-state index contributed by atoms with van der Waals surface area (Å²) in [5, 5.41) is 0. The molecule has 0 aliphatic carbocycles. The van der Waals surface area contributed by atoms with Crippen molar-refractivity contribution in [2.24, 2.45) is 5.92 Å². The summed E-state index contributed by atoms with van der Waals surface area (Å²) < 4.78 is 16.0. The van der Waals surface area contributed by atoms with Crippen LogP contribution in [0.5, 0.6) is 17.2 Å². The average molecular weight is 303 g/mol. The van der Waals surface area contributed by atoms with Gasteiger partial charge in [-0.1, -0.05) is 6.92 Å². The molecule has 1 aromatic rings. The summed E-state index contributed by atoms with van der Waals surface area (Å²) in [5.41, 5.74) is 0.861. The van der Waals surface area contributed by atoms with Crippen LogP contribution in [0.25, 0.3) is 6.08 Å². The largest absolute Gasteiger partial charge is 0.493 e. The number of ether oxygens (including phenoxy) is 3. The van der Waals surface area contributed by atoms with Crippen LogP contribution in [0.4, 0.5) is 0 Å². The van der Waals surface area contributed by atoms with E-state index in [2.05, 4.69) is 6.92 Å². The molecule has 0 aromatic heterocycles. The maximum Gasteiger partial charge on any atom is 0.246 e. The summed E-state index contributed by atoms with van der Waals surface area (Å²) in [7, 11) is 1.59. The van der Waals surface area contributed by atoms with Gasteiger partial charge >= 0.3 is 0 Å². The van der Waals surface area contributed by atoms with E-state index in [1.165, 1.54) is 0 Å². The van der Waals surface area contributed by atoms with E-state index < -0.39 is 0 Å². The number of hydrogen-bond acceptors (Lipinski definition) is 4. The lowest BCUT2D eigenvalue weighted by Crippen LogP contribution is -2.36. The highest BCUT2D eigenvalue weighted by atomic mass is 16.7. The van der Waals surface area contributed by atoms with Crippen molar-refractivity contribution in [3.8, 4) is 17.2 Å². The Hall–Kier alpha value is -2.17. The Labute approximate surface area is 130 Å². The van der Waals surface area contributed by atoms with Crippen LogP contribution >= 0.6 is 0 Å². The van der Waals surface area contributed by atoms with Crippen LogP contribution in [0.15, 0.2) is 18.2 Å². The number of piperidine rings is 1. The minimum Gasteiger partial charge on any atom is -0.493 e. The monoisotopic (exact) mass is 303 g/mol. The molecule has 0 N–H and O–H groups in total. The third kappa shape index (κ3) is 3.03. The van der Waals surface area contributed by atoms with Gasteiger partial charge in [0, 0.05) is 19.2 Å². The lowest BCUT2D eigenvalue weighted by molar-refractivity contribution is -0.127. The molecule has 0 spiro atoms. The van der Waals surface area contributed by atoms with Crippen molar-refractivity contribution < 1.29 is 19.0 Å². The second kappa shape index (κ2) is 6.30. The molecule has 1 fully saturated rings. The first-order chi connectivity index (χ1) is 10.7. The lowest BCUT2D eigenvalue weighted by atomic mass is 9.99. The first-order valence-corrected chi connectivity index (χ1v) is 7.62. The predicted octanol–water partition coefficient (Wildman–Crippen LogP) is 2.70. The Kier molecular flexibility index (Phi) is 4.22. The number of carbonyl (C=O) groups excluding carboxylic acids is 1. The molecule has 0 bridgehead atoms. The Balaban J connectivity index is 1.71. The molecule has 5 nitrogen and oxygen atoms in total. The van der Waals surface area contributed by atoms with Crippen molar-refractivity contribution in [1.29, 1.82) is 0 Å². The van der Waals surface area contributed by atoms with Crippen LogP contribution in [0.2, 0.25) is 0 Å². The van der Waals surface area contributed by atoms with Gasteiger partial charge in [-0.3, -0.25) is 4.79 Å². The zero-order valence-corrected chi connectivity index (χ0v) is 13.0. The van der Waals surface area contributed by atoms with Crippen molar-refractivity contribution in [2.45, 2.75) is 19.8 Å². The van der Waals surface area contributed by atoms with Gasteiger partial charge < -0.3 is 19.1 Å². The average Bonchev–Trinajstić information content (AvgIpc) is 3.01. The van der Waals surface area contributed by atoms with Gasteiger partial charge in [0.1, 0.15) is 0 Å². The number of fused-ring (bicyclic) bond motifs is 1. The zero-order chi connectivity index (χ0) is 15.5. The second-order valence-corrected chi connectivity index (χ2v) is 5.80. The zero-order valence-electron chi connectivity index (χ0n) is 13.0. The first-order valence-electron chi connectivity index (χ1n) is 7.62. The number of nitrogens with zero attached hydrogens (tertiary/aromatic N) is 1. The second-order valence-electron chi connectivity index (χ2n) is 5.80. The predicted molar refractivity (Wildman–Crippen MR) is 83.1 cm³/mol. The third-order valence-corrected chi connectivity index (χ3v) is 4.19. The minimum atomic E-state index is 0.0588. The van der Waals surface area contributed by atoms with E-state index in [-0.39, 0.29) is 12.7 Å². The minimum absolute atomic E-state index is 0.0588. The summed E-state index contributed by atoms with van der Waals surface area (Å²) in [6.07, 6.45) is 5.58. The van der Waals surface area contributed by atoms with E-state index in [0.717, 1.165) is 31.5 Å². The van der Waals surface area contributed by atoms with Gasteiger partial charge in [-0.2, -0.15) is 0 Å². The first kappa shape index (κ1) is 14.8. The Morgan fingerprint density at radius 2 is 2.09 bits per heavy atom. The quantitative estimate of drug-likeness (QED) is 0.806. The third-order valence-electron chi connectivity index (χ3n) is 4.19. The Morgan fingerprint density at radius 1 is 1.32 bits per heavy atom. The molecule has 0 unspecified atom stereocenters. The molecule has 118 valence electrons. The van der Waals surface area contributed by atoms with Crippen LogP contribution < -0.4 is 14.2 Å². The maximum atomic E-state index is 12.2. The summed E-state index contributed by atoms with van der Waals surface area (Å²) in [4.78, 5) is 14.1. The van der Waals surface area contributed by atoms with Crippen molar-refractivity contribution in [3.63, 3.8) is 0 Å². The van der Waals surface area contributed by atoms with Gasteiger partial charge in [0.15, 0.2) is 11.5 Å². The fourth-order valence-corrected chi connectivity index (χ4v) is 2.75. The highest BCUT2D eigenvalue weighted by Crippen LogP contribution is 2.42. The molecule has 2 heterocycles. The standard InChI is InChI=1S/C17H21NO4/c1-12-5-7-18(8-6-12)16(19)4-3-13-9-14(20-2)17-15(10-13)21-11-22-17/h3-4,9-10,12H,5-8,11H2,1-2H3/b4-3+. The topological polar surface area (TPSA) is 48.0 Å². The van der Waals surface area contributed by atoms with Crippen molar-refractivity contribution in [3.05, 3.63) is 23.8 Å². The summed E-state index contributed by atoms with van der Waals surface area (Å²) in [6, 6.07) is 3.70. The molecule has 1 saturated heterocycles. The Morgan fingerprint density at radius 3 is 2.82 bits per heavy atom. The number of likely N-dealkylation sites (tertiary alicyclic amines) is 1. The molecule has 1 aromatic carbocycles. The molecular weight excluding hydrogens is 282 g/mol. The molecule has 2 aliphatic rings. The van der Waals surface area contributed by atoms with Crippen molar-refractivity contribution in [2.75, 3.05) is 27.0 Å². The van der Waals surface area contributed by atoms with Crippen LogP contribution in [0, 0.1) is 5.92 Å². The number of rotatable bonds is 3. The lowest BCUT2D eigenvalue weighted by Gasteiger charge is -2.29. The van der Waals surface area contributed by atoms with Crippen LogP contribution in [-0.2, 0) is 4.79 Å². The van der Waals surface area contributed by atoms with Gasteiger partial charge in [0.05, 0.1) is 7.11 Å². The molecular formula is C17H21NO4. The summed E-state index contributed by atoms with van der Waals surface area (Å²) in [6.45, 7) is 4.11. The summed E-state index contributed by atoms with van der Waals surface area (Å²) >= 11 is 0. The van der Waals surface area contributed by atoms with E-state index >= 15 is 0 Å². The van der Waals surface area contributed by atoms with Crippen LogP contribution in [0.3, 0.4) is 0 Å². The molecule has 0 saturated carbocycles. The molecule has 3 rings (SSSR count). The number of carbonyl (C=O) groups is 1. The molecule has 5 heteroatoms. The highest BCUT2D eigenvalue weighted by molar-refractivity contribution is 5.92. The number of hydrogen-bond donors (Lipinski definition) is 0. The van der Waals surface area contributed by atoms with E-state index in [9.17, 15) is 4.79 Å². The van der Waals surface area contributed by atoms with Crippen molar-refractivity contribution in [1.82, 2.24) is 4.90 Å². The van der Waals surface area contributed by atoms with Gasteiger partial charge in [-0.05, 0) is 42.5 Å². The fraction of sp³-hybridized carbons (Fsp3) is 0.471. The van der Waals surface area contributed by atoms with E-state index in [1.807, 2.05) is 17.0 Å². The number of methoxy groups -OCH3 is 1. The molecule has 1 amide bonds. The van der Waals surface area contributed by atoms with E-state index in [0.29, 0.717) is 23.2 Å². The molecule has 0 radical (unpaired) electrons. The smallest absolute Gasteiger partial charge is 0.246 e. The highest BCUT2D eigenvalue weighted by Gasteiger charge is 2.20. The molecule has 22 heavy (non-hydrogen) atoms. The Bertz CT molecular complexity index is 589. The normalized spacial score (nSPS) is 18.0. The van der Waals surface area contributed by atoms with Gasteiger partial charge in [0.2, 0.25) is 18.4 Å². The SMILES string of the molecule is COc1cc(/C=C/C(=O)N2CCC(C)CC2)cc2c1OCO2. The maximum absolute atomic E-state index is 12.2. The summed E-state index contributed by atoms with van der Waals surface area (Å²) in [5.74, 6) is 2.66.